The number of amides is 2. The van der Waals surface area contributed by atoms with Gasteiger partial charge in [-0.3, -0.25) is 14.3 Å². The summed E-state index contributed by atoms with van der Waals surface area (Å²) < 4.78 is 1.75. The van der Waals surface area contributed by atoms with E-state index in [0.29, 0.717) is 31.5 Å². The summed E-state index contributed by atoms with van der Waals surface area (Å²) in [5.41, 5.74) is 2.28. The Morgan fingerprint density at radius 2 is 2.00 bits per heavy atom. The molecule has 1 saturated heterocycles. The van der Waals surface area contributed by atoms with Crippen molar-refractivity contribution in [2.24, 2.45) is 13.0 Å². The third-order valence-corrected chi connectivity index (χ3v) is 5.41. The number of aryl methyl sites for hydroxylation is 1. The summed E-state index contributed by atoms with van der Waals surface area (Å²) in [5, 5.41) is 4.19. The van der Waals surface area contributed by atoms with Gasteiger partial charge in [0, 0.05) is 44.4 Å². The van der Waals surface area contributed by atoms with E-state index in [1.165, 1.54) is 5.56 Å². The molecule has 0 spiro atoms. The van der Waals surface area contributed by atoms with Gasteiger partial charge in [-0.05, 0) is 30.7 Å². The van der Waals surface area contributed by atoms with Crippen molar-refractivity contribution >= 4 is 11.8 Å². The van der Waals surface area contributed by atoms with Crippen molar-refractivity contribution in [3.8, 4) is 0 Å². The summed E-state index contributed by atoms with van der Waals surface area (Å²) in [6, 6.07) is 10.6. The van der Waals surface area contributed by atoms with Gasteiger partial charge in [-0.25, -0.2) is 0 Å². The van der Waals surface area contributed by atoms with Crippen LogP contribution in [0.1, 0.15) is 30.4 Å². The van der Waals surface area contributed by atoms with Crippen molar-refractivity contribution in [2.45, 2.75) is 38.3 Å². The molecule has 1 saturated carbocycles. The first kappa shape index (κ1) is 17.8. The lowest BCUT2D eigenvalue weighted by Gasteiger charge is -2.25. The van der Waals surface area contributed by atoms with E-state index in [2.05, 4.69) is 17.2 Å². The van der Waals surface area contributed by atoms with E-state index in [1.54, 1.807) is 15.8 Å². The van der Waals surface area contributed by atoms with Crippen LogP contribution in [0.15, 0.2) is 42.7 Å². The Kier molecular flexibility index (Phi) is 4.97. The maximum absolute atomic E-state index is 12.9. The fourth-order valence-corrected chi connectivity index (χ4v) is 3.90. The average molecular weight is 366 g/mol. The molecular formula is C21H26N4O2. The summed E-state index contributed by atoms with van der Waals surface area (Å²) in [6.07, 6.45) is 7.28. The van der Waals surface area contributed by atoms with Gasteiger partial charge in [0.05, 0.1) is 12.7 Å². The zero-order valence-electron chi connectivity index (χ0n) is 15.8. The number of rotatable bonds is 7. The van der Waals surface area contributed by atoms with E-state index in [-0.39, 0.29) is 18.4 Å². The Balaban J connectivity index is 1.35. The van der Waals surface area contributed by atoms with Crippen molar-refractivity contribution in [3.05, 3.63) is 53.9 Å². The topological polar surface area (TPSA) is 58.4 Å². The standard InChI is InChI=1S/C21H26N4O2/c1-23-12-18(11-22-23)14-25(19-7-8-19)21(27)15-24-13-17(10-20(24)26)9-16-5-3-2-4-6-16/h2-6,11-12,17,19H,7-10,13-15H2,1H3. The monoisotopic (exact) mass is 366 g/mol. The minimum Gasteiger partial charge on any atom is -0.334 e. The lowest BCUT2D eigenvalue weighted by molar-refractivity contribution is -0.139. The van der Waals surface area contributed by atoms with Crippen LogP contribution in [0.25, 0.3) is 0 Å². The molecule has 2 fully saturated rings. The number of likely N-dealkylation sites (tertiary alicyclic amines) is 1. The van der Waals surface area contributed by atoms with E-state index in [4.69, 9.17) is 0 Å². The largest absolute Gasteiger partial charge is 0.334 e. The quantitative estimate of drug-likeness (QED) is 0.753. The number of hydrogen-bond acceptors (Lipinski definition) is 3. The first-order valence-electron chi connectivity index (χ1n) is 9.67. The van der Waals surface area contributed by atoms with Crippen LogP contribution in [0.4, 0.5) is 0 Å². The van der Waals surface area contributed by atoms with Gasteiger partial charge in [-0.1, -0.05) is 30.3 Å². The number of carbonyl (C=O) groups is 2. The Labute approximate surface area is 159 Å². The molecule has 142 valence electrons. The first-order valence-corrected chi connectivity index (χ1v) is 9.67. The molecule has 0 bridgehead atoms. The third kappa shape index (κ3) is 4.38. The zero-order valence-corrected chi connectivity index (χ0v) is 15.8. The summed E-state index contributed by atoms with van der Waals surface area (Å²) in [5.74, 6) is 0.442. The molecule has 6 heteroatoms. The van der Waals surface area contributed by atoms with Crippen LogP contribution in [-0.2, 0) is 29.6 Å². The van der Waals surface area contributed by atoms with Gasteiger partial charge in [0.25, 0.3) is 0 Å². The van der Waals surface area contributed by atoms with Crippen LogP contribution in [0.2, 0.25) is 0 Å². The summed E-state index contributed by atoms with van der Waals surface area (Å²) >= 11 is 0. The van der Waals surface area contributed by atoms with E-state index in [9.17, 15) is 9.59 Å². The first-order chi connectivity index (χ1) is 13.1. The van der Waals surface area contributed by atoms with Gasteiger partial charge >= 0.3 is 0 Å². The molecule has 1 aromatic heterocycles. The Morgan fingerprint density at radius 1 is 1.22 bits per heavy atom. The molecule has 1 atom stereocenters. The highest BCUT2D eigenvalue weighted by Gasteiger charge is 2.36. The SMILES string of the molecule is Cn1cc(CN(C(=O)CN2CC(Cc3ccccc3)CC2=O)C2CC2)cn1. The number of benzene rings is 1. The number of nitrogens with zero attached hydrogens (tertiary/aromatic N) is 4. The van der Waals surface area contributed by atoms with E-state index in [0.717, 1.165) is 24.8 Å². The molecule has 2 aromatic rings. The van der Waals surface area contributed by atoms with Crippen molar-refractivity contribution in [1.82, 2.24) is 19.6 Å². The van der Waals surface area contributed by atoms with Gasteiger partial charge in [0.15, 0.2) is 0 Å². The molecule has 1 aromatic carbocycles. The molecule has 0 N–H and O–H groups in total. The van der Waals surface area contributed by atoms with Crippen LogP contribution < -0.4 is 0 Å². The minimum absolute atomic E-state index is 0.0510. The Hall–Kier alpha value is -2.63. The molecule has 2 aliphatic rings. The van der Waals surface area contributed by atoms with Crippen LogP contribution >= 0.6 is 0 Å². The van der Waals surface area contributed by atoms with Gasteiger partial charge in [-0.15, -0.1) is 0 Å². The molecule has 4 rings (SSSR count). The number of aromatic nitrogens is 2. The van der Waals surface area contributed by atoms with Crippen LogP contribution in [0.3, 0.4) is 0 Å². The summed E-state index contributed by atoms with van der Waals surface area (Å²) in [6.45, 7) is 1.44. The fraction of sp³-hybridized carbons (Fsp3) is 0.476. The van der Waals surface area contributed by atoms with Gasteiger partial charge in [0.1, 0.15) is 0 Å². The fourth-order valence-electron chi connectivity index (χ4n) is 3.90. The molecule has 1 aliphatic carbocycles. The molecule has 27 heavy (non-hydrogen) atoms. The van der Waals surface area contributed by atoms with Gasteiger partial charge in [0.2, 0.25) is 11.8 Å². The van der Waals surface area contributed by atoms with Crippen molar-refractivity contribution < 1.29 is 9.59 Å². The smallest absolute Gasteiger partial charge is 0.242 e. The predicted octanol–water partition coefficient (Wildman–Crippen LogP) is 2.00. The summed E-state index contributed by atoms with van der Waals surface area (Å²) in [4.78, 5) is 29.0. The third-order valence-electron chi connectivity index (χ3n) is 5.41. The van der Waals surface area contributed by atoms with Crippen molar-refractivity contribution in [2.75, 3.05) is 13.1 Å². The van der Waals surface area contributed by atoms with E-state index >= 15 is 0 Å². The van der Waals surface area contributed by atoms with Crippen LogP contribution in [-0.4, -0.2) is 50.5 Å². The zero-order chi connectivity index (χ0) is 18.8. The van der Waals surface area contributed by atoms with E-state index < -0.39 is 0 Å². The maximum atomic E-state index is 12.9. The predicted molar refractivity (Wildman–Crippen MR) is 102 cm³/mol. The lowest BCUT2D eigenvalue weighted by atomic mass is 9.99. The van der Waals surface area contributed by atoms with Crippen molar-refractivity contribution in [1.29, 1.82) is 0 Å². The maximum Gasteiger partial charge on any atom is 0.242 e. The molecule has 1 unspecified atom stereocenters. The highest BCUT2D eigenvalue weighted by atomic mass is 16.2. The second kappa shape index (κ2) is 7.55. The second-order valence-corrected chi connectivity index (χ2v) is 7.81. The molecule has 0 radical (unpaired) electrons. The number of hydrogen-bond donors (Lipinski definition) is 0. The number of carbonyl (C=O) groups excluding carboxylic acids is 2. The van der Waals surface area contributed by atoms with Crippen molar-refractivity contribution in [3.63, 3.8) is 0 Å². The Morgan fingerprint density at radius 3 is 2.67 bits per heavy atom. The van der Waals surface area contributed by atoms with Crippen LogP contribution in [0.5, 0.6) is 0 Å². The molecule has 1 aliphatic heterocycles. The van der Waals surface area contributed by atoms with E-state index in [1.807, 2.05) is 36.3 Å². The molecule has 2 heterocycles. The normalized spacial score (nSPS) is 19.5. The molecule has 2 amide bonds. The minimum atomic E-state index is 0.0510. The summed E-state index contributed by atoms with van der Waals surface area (Å²) in [7, 11) is 1.88. The van der Waals surface area contributed by atoms with Gasteiger partial charge in [-0.2, -0.15) is 5.10 Å². The highest BCUT2D eigenvalue weighted by molar-refractivity contribution is 5.86. The average Bonchev–Trinajstić information content (AvgIpc) is 3.32. The molecular weight excluding hydrogens is 340 g/mol. The lowest BCUT2D eigenvalue weighted by Crippen LogP contribution is -2.41. The highest BCUT2D eigenvalue weighted by Crippen LogP contribution is 2.29. The van der Waals surface area contributed by atoms with Gasteiger partial charge < -0.3 is 9.80 Å². The van der Waals surface area contributed by atoms with Crippen LogP contribution in [0, 0.1) is 5.92 Å². The second-order valence-electron chi connectivity index (χ2n) is 7.81. The Bertz CT molecular complexity index is 813. The molecule has 6 nitrogen and oxygen atoms in total.